The zero-order valence-corrected chi connectivity index (χ0v) is 14.6. The highest BCUT2D eigenvalue weighted by atomic mass is 16.5. The number of nitrogens with one attached hydrogen (secondary N) is 1. The second-order valence-electron chi connectivity index (χ2n) is 5.76. The van der Waals surface area contributed by atoms with Crippen molar-refractivity contribution in [2.24, 2.45) is 0 Å². The maximum atomic E-state index is 12.6. The van der Waals surface area contributed by atoms with E-state index in [0.29, 0.717) is 30.3 Å². The van der Waals surface area contributed by atoms with Gasteiger partial charge < -0.3 is 24.4 Å². The van der Waals surface area contributed by atoms with E-state index in [4.69, 9.17) is 14.2 Å². The monoisotopic (exact) mass is 342 g/mol. The molecule has 0 bridgehead atoms. The lowest BCUT2D eigenvalue weighted by molar-refractivity contribution is 0.0735. The van der Waals surface area contributed by atoms with E-state index in [0.717, 1.165) is 11.3 Å². The summed E-state index contributed by atoms with van der Waals surface area (Å²) >= 11 is 0. The van der Waals surface area contributed by atoms with Gasteiger partial charge in [0.05, 0.1) is 19.3 Å². The summed E-state index contributed by atoms with van der Waals surface area (Å²) in [6.45, 7) is 0.947. The van der Waals surface area contributed by atoms with E-state index in [-0.39, 0.29) is 12.1 Å². The Hall–Kier alpha value is -2.73. The topological polar surface area (TPSA) is 60.0 Å². The molecular weight excluding hydrogens is 320 g/mol. The molecule has 0 spiro atoms. The summed E-state index contributed by atoms with van der Waals surface area (Å²) in [5.41, 5.74) is 2.42. The Morgan fingerprint density at radius 2 is 1.88 bits per heavy atom. The van der Waals surface area contributed by atoms with Crippen LogP contribution >= 0.6 is 0 Å². The third kappa shape index (κ3) is 3.39. The lowest BCUT2D eigenvalue weighted by Gasteiger charge is -2.35. The molecular formula is C19H22N2O4. The number of methoxy groups -OCH3 is 2. The van der Waals surface area contributed by atoms with Gasteiger partial charge in [0.2, 0.25) is 0 Å². The number of ether oxygens (including phenoxy) is 3. The summed E-state index contributed by atoms with van der Waals surface area (Å²) in [5, 5.41) is 3.41. The Kier molecular flexibility index (Phi) is 5.09. The smallest absolute Gasteiger partial charge is 0.257 e. The molecule has 132 valence electrons. The highest BCUT2D eigenvalue weighted by Crippen LogP contribution is 2.36. The predicted molar refractivity (Wildman–Crippen MR) is 95.3 cm³/mol. The number of carbonyl (C=O) groups excluding carboxylic acids is 1. The molecule has 0 aliphatic carbocycles. The lowest BCUT2D eigenvalue weighted by Crippen LogP contribution is -2.40. The largest absolute Gasteiger partial charge is 0.493 e. The van der Waals surface area contributed by atoms with Gasteiger partial charge >= 0.3 is 0 Å². The minimum atomic E-state index is -0.274. The van der Waals surface area contributed by atoms with Crippen molar-refractivity contribution < 1.29 is 19.0 Å². The molecule has 1 atom stereocenters. The Labute approximate surface area is 147 Å². The second kappa shape index (κ2) is 7.44. The van der Waals surface area contributed by atoms with E-state index in [9.17, 15) is 4.79 Å². The van der Waals surface area contributed by atoms with Crippen LogP contribution in [0.15, 0.2) is 42.5 Å². The fourth-order valence-corrected chi connectivity index (χ4v) is 2.86. The average Bonchev–Trinajstić information content (AvgIpc) is 2.65. The van der Waals surface area contributed by atoms with Crippen LogP contribution in [0.5, 0.6) is 11.5 Å². The first-order valence-electron chi connectivity index (χ1n) is 8.08. The zero-order chi connectivity index (χ0) is 17.8. The molecule has 3 rings (SSSR count). The number of amides is 1. The molecule has 1 N–H and O–H groups in total. The van der Waals surface area contributed by atoms with Crippen LogP contribution < -0.4 is 14.8 Å². The minimum absolute atomic E-state index is 0.0151. The van der Waals surface area contributed by atoms with Gasteiger partial charge in [-0.2, -0.15) is 0 Å². The van der Waals surface area contributed by atoms with Crippen molar-refractivity contribution in [2.45, 2.75) is 6.17 Å². The van der Waals surface area contributed by atoms with E-state index in [2.05, 4.69) is 5.32 Å². The number of rotatable bonds is 6. The van der Waals surface area contributed by atoms with Gasteiger partial charge in [-0.05, 0) is 29.8 Å². The quantitative estimate of drug-likeness (QED) is 0.818. The Bertz CT molecular complexity index is 763. The van der Waals surface area contributed by atoms with E-state index in [1.807, 2.05) is 42.5 Å². The molecule has 1 heterocycles. The van der Waals surface area contributed by atoms with Crippen molar-refractivity contribution in [2.75, 3.05) is 39.8 Å². The van der Waals surface area contributed by atoms with E-state index in [1.165, 1.54) is 0 Å². The number of carbonyl (C=O) groups is 1. The molecule has 0 radical (unpaired) electrons. The number of anilines is 1. The molecule has 0 fully saturated rings. The fraction of sp³-hybridized carbons (Fsp3) is 0.316. The Balaban J connectivity index is 1.87. The van der Waals surface area contributed by atoms with Gasteiger partial charge in [0.1, 0.15) is 12.8 Å². The fourth-order valence-electron chi connectivity index (χ4n) is 2.86. The molecule has 0 aromatic heterocycles. The number of nitrogens with zero attached hydrogens (tertiary/aromatic N) is 1. The molecule has 0 saturated carbocycles. The van der Waals surface area contributed by atoms with Crippen LogP contribution in [0.25, 0.3) is 0 Å². The van der Waals surface area contributed by atoms with Crippen LogP contribution in [-0.2, 0) is 4.74 Å². The van der Waals surface area contributed by atoms with Crippen molar-refractivity contribution in [1.82, 2.24) is 4.90 Å². The van der Waals surface area contributed by atoms with Gasteiger partial charge in [0.25, 0.3) is 5.91 Å². The molecule has 2 aromatic carbocycles. The standard InChI is InChI=1S/C19H22N2O4/c1-21-18(20-15-7-5-4-6-14(15)19(21)22)13-8-9-16(17(12-13)24-3)25-11-10-23-2/h4-9,12,18,20H,10-11H2,1-3H3. The SMILES string of the molecule is COCCOc1ccc(C2Nc3ccccc3C(=O)N2C)cc1OC. The minimum Gasteiger partial charge on any atom is -0.493 e. The molecule has 1 unspecified atom stereocenters. The van der Waals surface area contributed by atoms with Gasteiger partial charge in [-0.25, -0.2) is 0 Å². The first-order chi connectivity index (χ1) is 12.2. The highest BCUT2D eigenvalue weighted by Gasteiger charge is 2.30. The maximum Gasteiger partial charge on any atom is 0.257 e. The molecule has 0 saturated heterocycles. The number of hydrogen-bond acceptors (Lipinski definition) is 5. The maximum absolute atomic E-state index is 12.6. The van der Waals surface area contributed by atoms with Gasteiger partial charge in [0.15, 0.2) is 11.5 Å². The van der Waals surface area contributed by atoms with Gasteiger partial charge in [0, 0.05) is 19.8 Å². The van der Waals surface area contributed by atoms with Crippen LogP contribution in [0.2, 0.25) is 0 Å². The van der Waals surface area contributed by atoms with Crippen LogP contribution in [0.4, 0.5) is 5.69 Å². The average molecular weight is 342 g/mol. The number of para-hydroxylation sites is 1. The summed E-state index contributed by atoms with van der Waals surface area (Å²) in [5.74, 6) is 1.25. The third-order valence-electron chi connectivity index (χ3n) is 4.21. The van der Waals surface area contributed by atoms with Crippen molar-refractivity contribution in [1.29, 1.82) is 0 Å². The molecule has 2 aromatic rings. The van der Waals surface area contributed by atoms with Crippen molar-refractivity contribution in [3.63, 3.8) is 0 Å². The van der Waals surface area contributed by atoms with Gasteiger partial charge in [-0.15, -0.1) is 0 Å². The van der Waals surface area contributed by atoms with Gasteiger partial charge in [-0.1, -0.05) is 18.2 Å². The van der Waals surface area contributed by atoms with Crippen molar-refractivity contribution >= 4 is 11.6 Å². The van der Waals surface area contributed by atoms with E-state index >= 15 is 0 Å². The summed E-state index contributed by atoms with van der Waals surface area (Å²) in [7, 11) is 5.01. The summed E-state index contributed by atoms with van der Waals surface area (Å²) in [6.07, 6.45) is -0.274. The summed E-state index contributed by atoms with van der Waals surface area (Å²) in [6, 6.07) is 13.2. The molecule has 1 aliphatic rings. The molecule has 6 heteroatoms. The van der Waals surface area contributed by atoms with Crippen LogP contribution in [0.3, 0.4) is 0 Å². The van der Waals surface area contributed by atoms with Crippen molar-refractivity contribution in [3.05, 3.63) is 53.6 Å². The summed E-state index contributed by atoms with van der Waals surface area (Å²) in [4.78, 5) is 14.3. The molecule has 25 heavy (non-hydrogen) atoms. The molecule has 1 amide bonds. The zero-order valence-electron chi connectivity index (χ0n) is 14.6. The number of benzene rings is 2. The van der Waals surface area contributed by atoms with Crippen LogP contribution in [0, 0.1) is 0 Å². The first-order valence-corrected chi connectivity index (χ1v) is 8.08. The summed E-state index contributed by atoms with van der Waals surface area (Å²) < 4.78 is 16.1. The molecule has 6 nitrogen and oxygen atoms in total. The van der Waals surface area contributed by atoms with Crippen LogP contribution in [-0.4, -0.2) is 45.3 Å². The predicted octanol–water partition coefficient (Wildman–Crippen LogP) is 2.92. The first kappa shape index (κ1) is 17.1. The van der Waals surface area contributed by atoms with Crippen molar-refractivity contribution in [3.8, 4) is 11.5 Å². The number of hydrogen-bond donors (Lipinski definition) is 1. The second-order valence-corrected chi connectivity index (χ2v) is 5.76. The van der Waals surface area contributed by atoms with E-state index in [1.54, 1.807) is 26.2 Å². The lowest BCUT2D eigenvalue weighted by atomic mass is 10.0. The van der Waals surface area contributed by atoms with E-state index < -0.39 is 0 Å². The van der Waals surface area contributed by atoms with Gasteiger partial charge in [-0.3, -0.25) is 4.79 Å². The Morgan fingerprint density at radius 3 is 2.64 bits per heavy atom. The number of fused-ring (bicyclic) bond motifs is 1. The normalized spacial score (nSPS) is 16.2. The van der Waals surface area contributed by atoms with Crippen LogP contribution in [0.1, 0.15) is 22.1 Å². The Morgan fingerprint density at radius 1 is 1.08 bits per heavy atom. The molecule has 1 aliphatic heterocycles. The third-order valence-corrected chi connectivity index (χ3v) is 4.21. The highest BCUT2D eigenvalue weighted by molar-refractivity contribution is 6.01.